The molecule has 31 heavy (non-hydrogen) atoms. The average molecular weight is 456 g/mol. The van der Waals surface area contributed by atoms with Crippen LogP contribution in [0.4, 0.5) is 9.52 Å². The van der Waals surface area contributed by atoms with Crippen molar-refractivity contribution in [2.24, 2.45) is 0 Å². The summed E-state index contributed by atoms with van der Waals surface area (Å²) >= 11 is 7.34. The van der Waals surface area contributed by atoms with Crippen LogP contribution in [0.1, 0.15) is 46.1 Å². The maximum Gasteiger partial charge on any atom is 0.297 e. The number of amides is 1. The van der Waals surface area contributed by atoms with Crippen LogP contribution in [0, 0.1) is 5.82 Å². The summed E-state index contributed by atoms with van der Waals surface area (Å²) in [5, 5.41) is 10.1. The van der Waals surface area contributed by atoms with Crippen LogP contribution in [0.5, 0.6) is 0 Å². The Kier molecular flexibility index (Phi) is 4.83. The zero-order valence-corrected chi connectivity index (χ0v) is 17.8. The highest BCUT2D eigenvalue weighted by Gasteiger charge is 2.45. The number of carbonyl (C=O) groups excluding carboxylic acids is 1. The van der Waals surface area contributed by atoms with Gasteiger partial charge in [0.1, 0.15) is 16.4 Å². The molecule has 2 aromatic heterocycles. The van der Waals surface area contributed by atoms with Gasteiger partial charge in [-0.2, -0.15) is 0 Å². The van der Waals surface area contributed by atoms with Crippen molar-refractivity contribution >= 4 is 44.9 Å². The highest BCUT2D eigenvalue weighted by molar-refractivity contribution is 7.15. The second kappa shape index (κ2) is 7.55. The fourth-order valence-electron chi connectivity index (χ4n) is 3.76. The van der Waals surface area contributed by atoms with E-state index < -0.39 is 23.2 Å². The molecule has 6 nitrogen and oxygen atoms in total. The highest BCUT2D eigenvalue weighted by atomic mass is 35.5. The van der Waals surface area contributed by atoms with E-state index in [1.165, 1.54) is 28.4 Å². The van der Waals surface area contributed by atoms with Crippen molar-refractivity contribution in [2.45, 2.75) is 25.8 Å². The molecule has 0 saturated carbocycles. The van der Waals surface area contributed by atoms with Gasteiger partial charge in [0.25, 0.3) is 5.91 Å². The number of aromatic nitrogens is 2. The Morgan fingerprint density at radius 2 is 1.94 bits per heavy atom. The van der Waals surface area contributed by atoms with Gasteiger partial charge < -0.3 is 4.42 Å². The normalized spacial score (nSPS) is 15.6. The molecule has 0 saturated heterocycles. The molecule has 0 N–H and O–H groups in total. The molecular weight excluding hydrogens is 441 g/mol. The molecule has 2 aromatic carbocycles. The Balaban J connectivity index is 1.77. The van der Waals surface area contributed by atoms with Crippen LogP contribution in [0.15, 0.2) is 51.7 Å². The van der Waals surface area contributed by atoms with Gasteiger partial charge in [-0.25, -0.2) is 4.39 Å². The van der Waals surface area contributed by atoms with Gasteiger partial charge in [-0.05, 0) is 42.3 Å². The summed E-state index contributed by atoms with van der Waals surface area (Å²) in [5.41, 5.74) is 0.508. The summed E-state index contributed by atoms with van der Waals surface area (Å²) in [7, 11) is 0. The topological polar surface area (TPSA) is 76.3 Å². The van der Waals surface area contributed by atoms with E-state index in [1.807, 2.05) is 6.92 Å². The van der Waals surface area contributed by atoms with Crippen molar-refractivity contribution in [3.8, 4) is 0 Å². The van der Waals surface area contributed by atoms with Gasteiger partial charge in [-0.15, -0.1) is 10.2 Å². The third-order valence-corrected chi connectivity index (χ3v) is 6.38. The number of aryl methyl sites for hydroxylation is 1. The molecule has 4 aromatic rings. The quantitative estimate of drug-likeness (QED) is 0.426. The summed E-state index contributed by atoms with van der Waals surface area (Å²) in [4.78, 5) is 28.2. The van der Waals surface area contributed by atoms with E-state index in [9.17, 15) is 14.0 Å². The van der Waals surface area contributed by atoms with Crippen LogP contribution >= 0.6 is 22.9 Å². The highest BCUT2D eigenvalue weighted by Crippen LogP contribution is 2.42. The van der Waals surface area contributed by atoms with E-state index in [4.69, 9.17) is 16.0 Å². The summed E-state index contributed by atoms with van der Waals surface area (Å²) in [6, 6.07) is 9.73. The van der Waals surface area contributed by atoms with Crippen LogP contribution in [-0.4, -0.2) is 16.1 Å². The second-order valence-corrected chi connectivity index (χ2v) is 8.65. The van der Waals surface area contributed by atoms with E-state index in [-0.39, 0.29) is 22.3 Å². The number of benzene rings is 2. The van der Waals surface area contributed by atoms with Crippen LogP contribution in [0.3, 0.4) is 0 Å². The Morgan fingerprint density at radius 1 is 1.16 bits per heavy atom. The van der Waals surface area contributed by atoms with Crippen molar-refractivity contribution in [1.29, 1.82) is 0 Å². The summed E-state index contributed by atoms with van der Waals surface area (Å²) < 4.78 is 19.6. The molecule has 156 valence electrons. The smallest absolute Gasteiger partial charge is 0.297 e. The molecule has 1 atom stereocenters. The van der Waals surface area contributed by atoms with Crippen molar-refractivity contribution in [3.05, 3.63) is 85.4 Å². The first-order valence-corrected chi connectivity index (χ1v) is 10.8. The number of halogens is 2. The van der Waals surface area contributed by atoms with Gasteiger partial charge in [-0.3, -0.25) is 14.5 Å². The predicted molar refractivity (Wildman–Crippen MR) is 116 cm³/mol. The fourth-order valence-corrected chi connectivity index (χ4v) is 4.85. The van der Waals surface area contributed by atoms with Gasteiger partial charge in [0, 0.05) is 11.4 Å². The van der Waals surface area contributed by atoms with Gasteiger partial charge >= 0.3 is 0 Å². The standard InChI is InChI=1S/C22H15ClFN3O3S/c1-2-3-16-25-26-22(31-16)27-18(11-4-6-12(23)7-5-11)17-19(28)14-10-13(24)8-9-15(14)30-20(17)21(27)29/h4-10,18H,2-3H2,1H3. The van der Waals surface area contributed by atoms with E-state index in [2.05, 4.69) is 10.2 Å². The lowest BCUT2D eigenvalue weighted by molar-refractivity contribution is 0.0970. The third kappa shape index (κ3) is 3.23. The number of anilines is 1. The third-order valence-electron chi connectivity index (χ3n) is 5.14. The van der Waals surface area contributed by atoms with Crippen molar-refractivity contribution < 1.29 is 13.6 Å². The molecule has 0 bridgehead atoms. The number of hydrogen-bond acceptors (Lipinski definition) is 6. The van der Waals surface area contributed by atoms with Crippen molar-refractivity contribution in [1.82, 2.24) is 10.2 Å². The maximum absolute atomic E-state index is 13.8. The molecule has 0 aliphatic carbocycles. The molecule has 1 aliphatic heterocycles. The van der Waals surface area contributed by atoms with Gasteiger partial charge in [0.05, 0.1) is 17.0 Å². The lowest BCUT2D eigenvalue weighted by Gasteiger charge is -2.22. The Labute approximate surface area is 184 Å². The van der Waals surface area contributed by atoms with Gasteiger partial charge in [0.2, 0.25) is 10.9 Å². The number of nitrogens with zero attached hydrogens (tertiary/aromatic N) is 3. The van der Waals surface area contributed by atoms with Crippen molar-refractivity contribution in [3.63, 3.8) is 0 Å². The molecule has 0 spiro atoms. The molecule has 0 fully saturated rings. The molecule has 0 radical (unpaired) electrons. The average Bonchev–Trinajstić information content (AvgIpc) is 3.32. The minimum absolute atomic E-state index is 0.0729. The molecule has 9 heteroatoms. The summed E-state index contributed by atoms with van der Waals surface area (Å²) in [6.07, 6.45) is 1.62. The number of fused-ring (bicyclic) bond motifs is 2. The second-order valence-electron chi connectivity index (χ2n) is 7.17. The van der Waals surface area contributed by atoms with Crippen LogP contribution in [0.25, 0.3) is 11.0 Å². The number of carbonyl (C=O) groups is 1. The predicted octanol–water partition coefficient (Wildman–Crippen LogP) is 5.14. The number of rotatable bonds is 4. The van der Waals surface area contributed by atoms with Crippen LogP contribution in [0.2, 0.25) is 5.02 Å². The Morgan fingerprint density at radius 3 is 2.68 bits per heavy atom. The summed E-state index contributed by atoms with van der Waals surface area (Å²) in [6.45, 7) is 2.03. The molecule has 1 unspecified atom stereocenters. The maximum atomic E-state index is 13.8. The van der Waals surface area contributed by atoms with Gasteiger partial charge in [0.15, 0.2) is 5.43 Å². The Hall–Kier alpha value is -3.10. The van der Waals surface area contributed by atoms with E-state index in [1.54, 1.807) is 24.3 Å². The first-order valence-electron chi connectivity index (χ1n) is 9.65. The minimum Gasteiger partial charge on any atom is -0.450 e. The molecule has 1 amide bonds. The van der Waals surface area contributed by atoms with E-state index in [0.717, 1.165) is 23.9 Å². The largest absolute Gasteiger partial charge is 0.450 e. The van der Waals surface area contributed by atoms with Crippen LogP contribution < -0.4 is 10.3 Å². The number of hydrogen-bond donors (Lipinski definition) is 0. The monoisotopic (exact) mass is 455 g/mol. The van der Waals surface area contributed by atoms with E-state index >= 15 is 0 Å². The lowest BCUT2D eigenvalue weighted by Crippen LogP contribution is -2.29. The first kappa shape index (κ1) is 19.8. The Bertz CT molecular complexity index is 1380. The van der Waals surface area contributed by atoms with Crippen LogP contribution in [-0.2, 0) is 6.42 Å². The molecule has 5 rings (SSSR count). The first-order chi connectivity index (χ1) is 15.0. The molecular formula is C22H15ClFN3O3S. The van der Waals surface area contributed by atoms with Crippen molar-refractivity contribution in [2.75, 3.05) is 4.90 Å². The zero-order valence-electron chi connectivity index (χ0n) is 16.3. The zero-order chi connectivity index (χ0) is 21.7. The lowest BCUT2D eigenvalue weighted by atomic mass is 9.99. The molecule has 1 aliphatic rings. The van der Waals surface area contributed by atoms with E-state index in [0.29, 0.717) is 15.7 Å². The minimum atomic E-state index is -0.786. The SMILES string of the molecule is CCCc1nnc(N2C(=O)c3oc4ccc(F)cc4c(=O)c3C2c2ccc(Cl)cc2)s1. The summed E-state index contributed by atoms with van der Waals surface area (Å²) in [5.74, 6) is -1.12. The molecule has 3 heterocycles. The van der Waals surface area contributed by atoms with Gasteiger partial charge in [-0.1, -0.05) is 42.0 Å². The fraction of sp³-hybridized carbons (Fsp3) is 0.182.